The number of aromatic nitrogens is 1. The maximum atomic E-state index is 6.16. The Morgan fingerprint density at radius 3 is 2.62 bits per heavy atom. The van der Waals surface area contributed by atoms with Crippen LogP contribution in [0.2, 0.25) is 0 Å². The quantitative estimate of drug-likeness (QED) is 0.853. The van der Waals surface area contributed by atoms with Crippen molar-refractivity contribution in [3.8, 4) is 17.0 Å². The van der Waals surface area contributed by atoms with E-state index in [2.05, 4.69) is 48.1 Å². The molecule has 126 valence electrons. The fraction of sp³-hybridized carbons (Fsp3) is 0.476. The van der Waals surface area contributed by atoms with Gasteiger partial charge < -0.3 is 9.64 Å². The molecule has 2 aromatic rings. The SMILES string of the molecule is Cc1cc2c(cc1-c1ccnc(OC3CCN(C)CC3)c1)CCC2. The molecular formula is C21H26N2O. The third-order valence-corrected chi connectivity index (χ3v) is 5.44. The number of aryl methyl sites for hydroxylation is 3. The molecule has 1 aromatic carbocycles. The second-order valence-corrected chi connectivity index (χ2v) is 7.29. The van der Waals surface area contributed by atoms with Crippen molar-refractivity contribution in [1.82, 2.24) is 9.88 Å². The Balaban J connectivity index is 1.57. The summed E-state index contributed by atoms with van der Waals surface area (Å²) in [6.45, 7) is 4.43. The highest BCUT2D eigenvalue weighted by atomic mass is 16.5. The van der Waals surface area contributed by atoms with Gasteiger partial charge in [-0.3, -0.25) is 0 Å². The molecule has 0 radical (unpaired) electrons. The number of fused-ring (bicyclic) bond motifs is 1. The Bertz CT molecular complexity index is 733. The molecule has 1 fully saturated rings. The van der Waals surface area contributed by atoms with E-state index in [-0.39, 0.29) is 0 Å². The first-order valence-electron chi connectivity index (χ1n) is 9.13. The van der Waals surface area contributed by atoms with Crippen LogP contribution in [0.25, 0.3) is 11.1 Å². The lowest BCUT2D eigenvalue weighted by molar-refractivity contribution is 0.110. The minimum atomic E-state index is 0.296. The molecule has 0 unspecified atom stereocenters. The summed E-state index contributed by atoms with van der Waals surface area (Å²) in [5, 5.41) is 0. The standard InChI is InChI=1S/C21H26N2O/c1-15-12-16-4-3-5-17(16)13-20(15)18-6-9-22-21(14-18)24-19-7-10-23(2)11-8-19/h6,9,12-14,19H,3-5,7-8,10-11H2,1-2H3. The molecule has 1 aliphatic carbocycles. The number of ether oxygens (including phenoxy) is 1. The van der Waals surface area contributed by atoms with Crippen LogP contribution >= 0.6 is 0 Å². The smallest absolute Gasteiger partial charge is 0.214 e. The molecule has 2 aliphatic rings. The van der Waals surface area contributed by atoms with Gasteiger partial charge in [0, 0.05) is 25.4 Å². The monoisotopic (exact) mass is 322 g/mol. The Morgan fingerprint density at radius 2 is 1.83 bits per heavy atom. The summed E-state index contributed by atoms with van der Waals surface area (Å²) in [4.78, 5) is 6.80. The Hall–Kier alpha value is -1.87. The van der Waals surface area contributed by atoms with Crippen molar-refractivity contribution in [3.63, 3.8) is 0 Å². The van der Waals surface area contributed by atoms with E-state index in [4.69, 9.17) is 4.74 Å². The lowest BCUT2D eigenvalue weighted by atomic mass is 9.96. The summed E-state index contributed by atoms with van der Waals surface area (Å²) in [7, 11) is 2.17. The molecule has 3 heteroatoms. The fourth-order valence-electron chi connectivity index (χ4n) is 3.97. The van der Waals surface area contributed by atoms with Crippen LogP contribution < -0.4 is 4.74 Å². The lowest BCUT2D eigenvalue weighted by Crippen LogP contribution is -2.35. The molecule has 24 heavy (non-hydrogen) atoms. The molecule has 4 rings (SSSR count). The summed E-state index contributed by atoms with van der Waals surface area (Å²) < 4.78 is 6.16. The van der Waals surface area contributed by atoms with Gasteiger partial charge in [0.15, 0.2) is 0 Å². The van der Waals surface area contributed by atoms with Crippen molar-refractivity contribution >= 4 is 0 Å². The van der Waals surface area contributed by atoms with Gasteiger partial charge in [-0.25, -0.2) is 4.98 Å². The number of rotatable bonds is 3. The van der Waals surface area contributed by atoms with Crippen LogP contribution in [0.1, 0.15) is 36.0 Å². The van der Waals surface area contributed by atoms with E-state index in [1.807, 2.05) is 6.20 Å². The molecule has 0 bridgehead atoms. The fourth-order valence-corrected chi connectivity index (χ4v) is 3.97. The van der Waals surface area contributed by atoms with E-state index >= 15 is 0 Å². The van der Waals surface area contributed by atoms with Crippen LogP contribution in [0.4, 0.5) is 0 Å². The minimum Gasteiger partial charge on any atom is -0.474 e. The van der Waals surface area contributed by atoms with Gasteiger partial charge in [-0.15, -0.1) is 0 Å². The Kier molecular flexibility index (Phi) is 4.28. The van der Waals surface area contributed by atoms with E-state index < -0.39 is 0 Å². The minimum absolute atomic E-state index is 0.296. The summed E-state index contributed by atoms with van der Waals surface area (Å²) in [6.07, 6.45) is 8.08. The van der Waals surface area contributed by atoms with E-state index in [1.165, 1.54) is 47.1 Å². The first kappa shape index (κ1) is 15.6. The molecule has 0 atom stereocenters. The van der Waals surface area contributed by atoms with E-state index in [1.54, 1.807) is 0 Å². The third kappa shape index (κ3) is 3.18. The average Bonchev–Trinajstić information content (AvgIpc) is 3.03. The molecule has 3 nitrogen and oxygen atoms in total. The number of pyridine rings is 1. The van der Waals surface area contributed by atoms with Crippen molar-refractivity contribution in [3.05, 3.63) is 47.2 Å². The number of likely N-dealkylation sites (tertiary alicyclic amines) is 1. The molecular weight excluding hydrogens is 296 g/mol. The van der Waals surface area contributed by atoms with Crippen molar-refractivity contribution in [1.29, 1.82) is 0 Å². The summed E-state index contributed by atoms with van der Waals surface area (Å²) >= 11 is 0. The molecule has 0 saturated carbocycles. The molecule has 1 aromatic heterocycles. The zero-order chi connectivity index (χ0) is 16.5. The molecule has 2 heterocycles. The van der Waals surface area contributed by atoms with Gasteiger partial charge in [0.25, 0.3) is 0 Å². The summed E-state index contributed by atoms with van der Waals surface area (Å²) in [5.74, 6) is 0.766. The van der Waals surface area contributed by atoms with Crippen LogP contribution in [-0.2, 0) is 12.8 Å². The van der Waals surface area contributed by atoms with Gasteiger partial charge in [-0.1, -0.05) is 12.1 Å². The second kappa shape index (κ2) is 6.56. The maximum Gasteiger partial charge on any atom is 0.214 e. The predicted octanol–water partition coefficient (Wildman–Crippen LogP) is 4.02. The van der Waals surface area contributed by atoms with Crippen LogP contribution in [-0.4, -0.2) is 36.1 Å². The van der Waals surface area contributed by atoms with Crippen molar-refractivity contribution in [2.24, 2.45) is 0 Å². The highest BCUT2D eigenvalue weighted by Gasteiger charge is 2.19. The lowest BCUT2D eigenvalue weighted by Gasteiger charge is -2.29. The number of piperidine rings is 1. The van der Waals surface area contributed by atoms with Gasteiger partial charge in [-0.2, -0.15) is 0 Å². The van der Waals surface area contributed by atoms with Crippen molar-refractivity contribution in [2.45, 2.75) is 45.1 Å². The van der Waals surface area contributed by atoms with Crippen LogP contribution in [0.5, 0.6) is 5.88 Å². The number of nitrogens with zero attached hydrogens (tertiary/aromatic N) is 2. The number of hydrogen-bond donors (Lipinski definition) is 0. The highest BCUT2D eigenvalue weighted by molar-refractivity contribution is 5.69. The zero-order valence-corrected chi connectivity index (χ0v) is 14.7. The number of benzene rings is 1. The first-order valence-corrected chi connectivity index (χ1v) is 9.13. The largest absolute Gasteiger partial charge is 0.474 e. The topological polar surface area (TPSA) is 25.4 Å². The maximum absolute atomic E-state index is 6.16. The van der Waals surface area contributed by atoms with Gasteiger partial charge in [0.2, 0.25) is 5.88 Å². The van der Waals surface area contributed by atoms with Crippen molar-refractivity contribution in [2.75, 3.05) is 20.1 Å². The second-order valence-electron chi connectivity index (χ2n) is 7.29. The summed E-state index contributed by atoms with van der Waals surface area (Å²) in [6, 6.07) is 8.97. The highest BCUT2D eigenvalue weighted by Crippen LogP contribution is 2.32. The van der Waals surface area contributed by atoms with Crippen LogP contribution in [0.15, 0.2) is 30.5 Å². The predicted molar refractivity (Wildman–Crippen MR) is 97.6 cm³/mol. The van der Waals surface area contributed by atoms with Crippen molar-refractivity contribution < 1.29 is 4.74 Å². The molecule has 1 aliphatic heterocycles. The zero-order valence-electron chi connectivity index (χ0n) is 14.7. The summed E-state index contributed by atoms with van der Waals surface area (Å²) in [5.41, 5.74) is 6.96. The van der Waals surface area contributed by atoms with Crippen LogP contribution in [0.3, 0.4) is 0 Å². The molecule has 0 N–H and O–H groups in total. The Morgan fingerprint density at radius 1 is 1.08 bits per heavy atom. The third-order valence-electron chi connectivity index (χ3n) is 5.44. The van der Waals surface area contributed by atoms with Gasteiger partial charge in [0.05, 0.1) is 0 Å². The molecule has 0 spiro atoms. The molecule has 0 amide bonds. The van der Waals surface area contributed by atoms with Crippen LogP contribution in [0, 0.1) is 6.92 Å². The van der Waals surface area contributed by atoms with Gasteiger partial charge >= 0.3 is 0 Å². The normalized spacial score (nSPS) is 18.6. The Labute approximate surface area is 144 Å². The van der Waals surface area contributed by atoms with E-state index in [0.717, 1.165) is 31.8 Å². The van der Waals surface area contributed by atoms with E-state index in [9.17, 15) is 0 Å². The molecule has 1 saturated heterocycles. The first-order chi connectivity index (χ1) is 11.7. The van der Waals surface area contributed by atoms with E-state index in [0.29, 0.717) is 6.10 Å². The van der Waals surface area contributed by atoms with Gasteiger partial charge in [0.1, 0.15) is 6.10 Å². The van der Waals surface area contributed by atoms with Gasteiger partial charge in [-0.05, 0) is 80.0 Å². The number of hydrogen-bond acceptors (Lipinski definition) is 3. The average molecular weight is 322 g/mol.